The predicted octanol–water partition coefficient (Wildman–Crippen LogP) is 3.97. The van der Waals surface area contributed by atoms with Crippen molar-refractivity contribution in [3.63, 3.8) is 0 Å². The fourth-order valence-corrected chi connectivity index (χ4v) is 7.80. The molecule has 224 valence electrons. The van der Waals surface area contributed by atoms with E-state index in [4.69, 9.17) is 4.74 Å². The number of rotatable bonds is 11. The number of thiophene rings is 1. The van der Waals surface area contributed by atoms with E-state index in [1.807, 2.05) is 13.8 Å². The summed E-state index contributed by atoms with van der Waals surface area (Å²) in [5.74, 6) is -0.618. The van der Waals surface area contributed by atoms with Gasteiger partial charge in [0.1, 0.15) is 5.00 Å². The van der Waals surface area contributed by atoms with Crippen LogP contribution in [0.25, 0.3) is 0 Å². The van der Waals surface area contributed by atoms with Gasteiger partial charge in [-0.3, -0.25) is 14.4 Å². The standard InChI is InChI=1S/C29H40N4O6S2/c1-4-6-13-33(14-7-5-2)41(37,38)23-10-8-22(9-11-23)27(35)30-28-26(29(36)31-16-18-39-19-17-31)24-12-15-32(21(3)34)20-25(24)40-28/h8-11H,4-7,12-20H2,1-3H3,(H,30,35). The molecular formula is C29H40N4O6S2. The molecule has 1 fully saturated rings. The Morgan fingerprint density at radius 3 is 2.20 bits per heavy atom. The predicted molar refractivity (Wildman–Crippen MR) is 159 cm³/mol. The first-order chi connectivity index (χ1) is 19.7. The molecule has 2 aromatic rings. The number of hydrogen-bond donors (Lipinski definition) is 1. The van der Waals surface area contributed by atoms with E-state index < -0.39 is 15.9 Å². The van der Waals surface area contributed by atoms with E-state index in [-0.39, 0.29) is 16.7 Å². The van der Waals surface area contributed by atoms with Crippen LogP contribution >= 0.6 is 11.3 Å². The molecule has 0 aliphatic carbocycles. The lowest BCUT2D eigenvalue weighted by Crippen LogP contribution is -2.41. The van der Waals surface area contributed by atoms with E-state index in [0.717, 1.165) is 36.1 Å². The van der Waals surface area contributed by atoms with Crippen LogP contribution in [0.4, 0.5) is 5.00 Å². The molecule has 0 unspecified atom stereocenters. The van der Waals surface area contributed by atoms with Gasteiger partial charge in [-0.05, 0) is 49.1 Å². The molecule has 2 aliphatic heterocycles. The maximum Gasteiger partial charge on any atom is 0.257 e. The van der Waals surface area contributed by atoms with Gasteiger partial charge in [-0.25, -0.2) is 8.42 Å². The Bertz CT molecular complexity index is 1340. The highest BCUT2D eigenvalue weighted by molar-refractivity contribution is 7.89. The van der Waals surface area contributed by atoms with Gasteiger partial charge in [0, 0.05) is 50.1 Å². The minimum Gasteiger partial charge on any atom is -0.378 e. The number of carbonyl (C=O) groups is 3. The summed E-state index contributed by atoms with van der Waals surface area (Å²) in [7, 11) is -3.68. The Morgan fingerprint density at radius 2 is 1.61 bits per heavy atom. The number of ether oxygens (including phenoxy) is 1. The van der Waals surface area contributed by atoms with Crippen LogP contribution in [0.15, 0.2) is 29.2 Å². The topological polar surface area (TPSA) is 116 Å². The summed E-state index contributed by atoms with van der Waals surface area (Å²) in [6.45, 7) is 9.28. The zero-order chi connectivity index (χ0) is 29.6. The number of hydrogen-bond acceptors (Lipinski definition) is 7. The molecule has 10 nitrogen and oxygen atoms in total. The average molecular weight is 605 g/mol. The molecule has 0 spiro atoms. The highest BCUT2D eigenvalue weighted by Crippen LogP contribution is 2.38. The van der Waals surface area contributed by atoms with Crippen molar-refractivity contribution in [3.8, 4) is 0 Å². The van der Waals surface area contributed by atoms with E-state index in [9.17, 15) is 22.8 Å². The van der Waals surface area contributed by atoms with E-state index in [0.29, 0.717) is 75.0 Å². The summed E-state index contributed by atoms with van der Waals surface area (Å²) in [4.78, 5) is 43.5. The molecule has 0 atom stereocenters. The van der Waals surface area contributed by atoms with E-state index >= 15 is 0 Å². The third kappa shape index (κ3) is 7.17. The summed E-state index contributed by atoms with van der Waals surface area (Å²) in [5, 5.41) is 3.37. The molecule has 0 bridgehead atoms. The maximum atomic E-state index is 13.6. The molecule has 2 aliphatic rings. The molecule has 0 saturated carbocycles. The van der Waals surface area contributed by atoms with Crippen molar-refractivity contribution in [2.24, 2.45) is 0 Å². The molecular weight excluding hydrogens is 564 g/mol. The third-order valence-corrected chi connectivity index (χ3v) is 10.6. The highest BCUT2D eigenvalue weighted by atomic mass is 32.2. The smallest absolute Gasteiger partial charge is 0.257 e. The third-order valence-electron chi connectivity index (χ3n) is 7.52. The molecule has 4 rings (SSSR count). The van der Waals surface area contributed by atoms with Crippen molar-refractivity contribution in [1.29, 1.82) is 0 Å². The second-order valence-corrected chi connectivity index (χ2v) is 13.4. The normalized spacial score (nSPS) is 15.6. The molecule has 3 heterocycles. The first-order valence-electron chi connectivity index (χ1n) is 14.4. The minimum absolute atomic E-state index is 0.0336. The highest BCUT2D eigenvalue weighted by Gasteiger charge is 2.32. The largest absolute Gasteiger partial charge is 0.378 e. The number of fused-ring (bicyclic) bond motifs is 1. The fraction of sp³-hybridized carbons (Fsp3) is 0.552. The number of nitrogens with one attached hydrogen (secondary N) is 1. The first kappa shape index (κ1) is 31.1. The van der Waals surface area contributed by atoms with Gasteiger partial charge in [0.05, 0.1) is 30.2 Å². The number of morpholine rings is 1. The van der Waals surface area contributed by atoms with Crippen LogP contribution in [0.3, 0.4) is 0 Å². The molecule has 0 radical (unpaired) electrons. The number of benzene rings is 1. The molecule has 41 heavy (non-hydrogen) atoms. The number of anilines is 1. The maximum absolute atomic E-state index is 13.6. The molecule has 1 saturated heterocycles. The summed E-state index contributed by atoms with van der Waals surface area (Å²) in [5.41, 5.74) is 1.64. The van der Waals surface area contributed by atoms with Crippen LogP contribution in [0.1, 0.15) is 77.6 Å². The van der Waals surface area contributed by atoms with Crippen LogP contribution in [0, 0.1) is 0 Å². The summed E-state index contributed by atoms with van der Waals surface area (Å²) < 4.78 is 33.6. The van der Waals surface area contributed by atoms with Gasteiger partial charge in [-0.1, -0.05) is 26.7 Å². The minimum atomic E-state index is -3.68. The molecule has 3 amide bonds. The van der Waals surface area contributed by atoms with Gasteiger partial charge in [0.15, 0.2) is 0 Å². The number of amides is 3. The van der Waals surface area contributed by atoms with Crippen molar-refractivity contribution < 1.29 is 27.5 Å². The second-order valence-electron chi connectivity index (χ2n) is 10.4. The fourth-order valence-electron chi connectivity index (χ4n) is 5.03. The Morgan fingerprint density at radius 1 is 0.976 bits per heavy atom. The summed E-state index contributed by atoms with van der Waals surface area (Å²) >= 11 is 1.32. The number of sulfonamides is 1. The number of carbonyl (C=O) groups excluding carboxylic acids is 3. The Balaban J connectivity index is 1.58. The molecule has 1 aromatic heterocycles. The Hall–Kier alpha value is -2.80. The molecule has 1 N–H and O–H groups in total. The summed E-state index contributed by atoms with van der Waals surface area (Å²) in [6.07, 6.45) is 3.89. The lowest BCUT2D eigenvalue weighted by atomic mass is 10.0. The average Bonchev–Trinajstić information content (AvgIpc) is 3.34. The van der Waals surface area contributed by atoms with Crippen LogP contribution < -0.4 is 5.32 Å². The van der Waals surface area contributed by atoms with E-state index in [1.54, 1.807) is 9.80 Å². The van der Waals surface area contributed by atoms with Gasteiger partial charge in [-0.15, -0.1) is 11.3 Å². The van der Waals surface area contributed by atoms with Gasteiger partial charge >= 0.3 is 0 Å². The van der Waals surface area contributed by atoms with Crippen molar-refractivity contribution in [3.05, 3.63) is 45.8 Å². The van der Waals surface area contributed by atoms with Gasteiger partial charge in [-0.2, -0.15) is 4.31 Å². The number of nitrogens with zero attached hydrogens (tertiary/aromatic N) is 3. The SMILES string of the molecule is CCCCN(CCCC)S(=O)(=O)c1ccc(C(=O)Nc2sc3c(c2C(=O)N2CCOCC2)CCN(C(C)=O)C3)cc1. The second kappa shape index (κ2) is 13.9. The monoisotopic (exact) mass is 604 g/mol. The van der Waals surface area contributed by atoms with Crippen molar-refractivity contribution >= 4 is 44.1 Å². The van der Waals surface area contributed by atoms with Crippen molar-refractivity contribution in [2.45, 2.75) is 64.3 Å². The quantitative estimate of drug-likeness (QED) is 0.415. The zero-order valence-corrected chi connectivity index (χ0v) is 25.7. The lowest BCUT2D eigenvalue weighted by molar-refractivity contribution is -0.129. The summed E-state index contributed by atoms with van der Waals surface area (Å²) in [6, 6.07) is 5.96. The van der Waals surface area contributed by atoms with Crippen LogP contribution in [-0.4, -0.2) is 86.2 Å². The zero-order valence-electron chi connectivity index (χ0n) is 24.1. The molecule has 12 heteroatoms. The van der Waals surface area contributed by atoms with Gasteiger partial charge in [0.25, 0.3) is 11.8 Å². The van der Waals surface area contributed by atoms with E-state index in [1.165, 1.54) is 46.8 Å². The van der Waals surface area contributed by atoms with Crippen molar-refractivity contribution in [2.75, 3.05) is 51.3 Å². The van der Waals surface area contributed by atoms with Crippen LogP contribution in [0.2, 0.25) is 0 Å². The Labute approximate surface area is 246 Å². The van der Waals surface area contributed by atoms with Crippen LogP contribution in [-0.2, 0) is 32.5 Å². The van der Waals surface area contributed by atoms with Gasteiger partial charge < -0.3 is 19.9 Å². The Kier molecular flexibility index (Phi) is 10.6. The first-order valence-corrected chi connectivity index (χ1v) is 16.6. The number of unbranched alkanes of at least 4 members (excludes halogenated alkanes) is 2. The molecule has 1 aromatic carbocycles. The van der Waals surface area contributed by atoms with E-state index in [2.05, 4.69) is 5.32 Å². The van der Waals surface area contributed by atoms with Gasteiger partial charge in [0.2, 0.25) is 15.9 Å². The van der Waals surface area contributed by atoms with Crippen molar-refractivity contribution in [1.82, 2.24) is 14.1 Å². The lowest BCUT2D eigenvalue weighted by Gasteiger charge is -2.29. The van der Waals surface area contributed by atoms with Crippen LogP contribution in [0.5, 0.6) is 0 Å².